The van der Waals surface area contributed by atoms with E-state index in [4.69, 9.17) is 4.74 Å². The Balaban J connectivity index is 2.27. The van der Waals surface area contributed by atoms with Crippen LogP contribution < -0.4 is 4.74 Å². The van der Waals surface area contributed by atoms with Crippen LogP contribution in [-0.2, 0) is 0 Å². The van der Waals surface area contributed by atoms with Crippen LogP contribution in [0, 0.1) is 20.8 Å². The molecule has 0 aliphatic rings. The van der Waals surface area contributed by atoms with Crippen LogP contribution in [0.1, 0.15) is 16.7 Å². The molecule has 1 heteroatoms. The lowest BCUT2D eigenvalue weighted by molar-refractivity contribution is 0.481. The smallest absolute Gasteiger partial charge is 0.127 e. The maximum absolute atomic E-state index is 5.82. The normalized spacial score (nSPS) is 10.2. The van der Waals surface area contributed by atoms with Gasteiger partial charge >= 0.3 is 0 Å². The summed E-state index contributed by atoms with van der Waals surface area (Å²) in [5.74, 6) is 1.80. The molecule has 0 amide bonds. The Kier molecular flexibility index (Phi) is 2.95. The third kappa shape index (κ3) is 2.63. The molecule has 0 heterocycles. The quantitative estimate of drug-likeness (QED) is 0.716. The molecule has 2 aromatic carbocycles. The van der Waals surface area contributed by atoms with Gasteiger partial charge in [0.05, 0.1) is 0 Å². The highest BCUT2D eigenvalue weighted by Crippen LogP contribution is 2.24. The lowest BCUT2D eigenvalue weighted by Gasteiger charge is -2.08. The van der Waals surface area contributed by atoms with Gasteiger partial charge in [0.25, 0.3) is 0 Å². The van der Waals surface area contributed by atoms with E-state index in [-0.39, 0.29) is 0 Å². The van der Waals surface area contributed by atoms with Gasteiger partial charge in [-0.15, -0.1) is 0 Å². The fourth-order valence-corrected chi connectivity index (χ4v) is 1.81. The van der Waals surface area contributed by atoms with Gasteiger partial charge in [-0.3, -0.25) is 0 Å². The van der Waals surface area contributed by atoms with Crippen LogP contribution in [0.2, 0.25) is 0 Å². The summed E-state index contributed by atoms with van der Waals surface area (Å²) < 4.78 is 5.82. The lowest BCUT2D eigenvalue weighted by atomic mass is 10.1. The van der Waals surface area contributed by atoms with Crippen molar-refractivity contribution < 1.29 is 4.74 Å². The Hall–Kier alpha value is -1.76. The van der Waals surface area contributed by atoms with Crippen LogP contribution in [0.5, 0.6) is 11.5 Å². The maximum Gasteiger partial charge on any atom is 0.127 e. The summed E-state index contributed by atoms with van der Waals surface area (Å²) in [6.45, 7) is 6.22. The molecule has 0 fully saturated rings. The molecule has 2 rings (SSSR count). The van der Waals surface area contributed by atoms with Crippen molar-refractivity contribution in [3.05, 3.63) is 59.2 Å². The van der Waals surface area contributed by atoms with Crippen LogP contribution in [-0.4, -0.2) is 0 Å². The van der Waals surface area contributed by atoms with Crippen LogP contribution in [0.4, 0.5) is 0 Å². The largest absolute Gasteiger partial charge is 0.457 e. The third-order valence-corrected chi connectivity index (χ3v) is 2.42. The average molecular weight is 212 g/mol. The Morgan fingerprint density at radius 3 is 1.94 bits per heavy atom. The zero-order valence-corrected chi connectivity index (χ0v) is 9.95. The molecule has 0 bridgehead atoms. The second-order valence-electron chi connectivity index (χ2n) is 4.24. The molecule has 0 unspecified atom stereocenters. The van der Waals surface area contributed by atoms with Crippen LogP contribution >= 0.6 is 0 Å². The summed E-state index contributed by atoms with van der Waals surface area (Å²) in [6.07, 6.45) is 0. The van der Waals surface area contributed by atoms with E-state index in [9.17, 15) is 0 Å². The predicted molar refractivity (Wildman–Crippen MR) is 67.2 cm³/mol. The maximum atomic E-state index is 5.82. The van der Waals surface area contributed by atoms with Crippen molar-refractivity contribution in [2.75, 3.05) is 0 Å². The number of hydrogen-bond donors (Lipinski definition) is 0. The highest BCUT2D eigenvalue weighted by Gasteiger charge is 1.99. The summed E-state index contributed by atoms with van der Waals surface area (Å²) in [5.41, 5.74) is 3.66. The Morgan fingerprint density at radius 2 is 1.31 bits per heavy atom. The van der Waals surface area contributed by atoms with Crippen molar-refractivity contribution in [2.45, 2.75) is 20.8 Å². The summed E-state index contributed by atoms with van der Waals surface area (Å²) in [4.78, 5) is 0. The Bertz CT molecular complexity index is 480. The summed E-state index contributed by atoms with van der Waals surface area (Å²) in [5, 5.41) is 0. The minimum Gasteiger partial charge on any atom is -0.457 e. The van der Waals surface area contributed by atoms with Crippen LogP contribution in [0.15, 0.2) is 42.5 Å². The minimum atomic E-state index is 0.894. The van der Waals surface area contributed by atoms with Crippen molar-refractivity contribution in [1.29, 1.82) is 0 Å². The number of hydrogen-bond acceptors (Lipinski definition) is 1. The van der Waals surface area contributed by atoms with Crippen molar-refractivity contribution in [1.82, 2.24) is 0 Å². The van der Waals surface area contributed by atoms with E-state index in [1.54, 1.807) is 0 Å². The monoisotopic (exact) mass is 212 g/mol. The van der Waals surface area contributed by atoms with Crippen LogP contribution in [0.25, 0.3) is 0 Å². The number of rotatable bonds is 2. The van der Waals surface area contributed by atoms with E-state index in [0.717, 1.165) is 11.5 Å². The molecule has 0 aliphatic heterocycles. The second-order valence-corrected chi connectivity index (χ2v) is 4.24. The van der Waals surface area contributed by atoms with Crippen molar-refractivity contribution in [3.63, 3.8) is 0 Å². The van der Waals surface area contributed by atoms with E-state index < -0.39 is 0 Å². The summed E-state index contributed by atoms with van der Waals surface area (Å²) >= 11 is 0. The molecular weight excluding hydrogens is 196 g/mol. The van der Waals surface area contributed by atoms with Gasteiger partial charge in [0.15, 0.2) is 0 Å². The van der Waals surface area contributed by atoms with E-state index in [1.165, 1.54) is 16.7 Å². The second kappa shape index (κ2) is 4.40. The molecular formula is C15H16O. The molecule has 0 aromatic heterocycles. The molecule has 0 spiro atoms. The molecule has 2 aromatic rings. The molecule has 0 saturated heterocycles. The van der Waals surface area contributed by atoms with Crippen molar-refractivity contribution >= 4 is 0 Å². The summed E-state index contributed by atoms with van der Waals surface area (Å²) in [6, 6.07) is 14.3. The number of benzene rings is 2. The van der Waals surface area contributed by atoms with E-state index >= 15 is 0 Å². The van der Waals surface area contributed by atoms with Gasteiger partial charge in [-0.25, -0.2) is 0 Å². The molecule has 0 atom stereocenters. The van der Waals surface area contributed by atoms with Gasteiger partial charge < -0.3 is 4.74 Å². The zero-order valence-electron chi connectivity index (χ0n) is 9.95. The number of ether oxygens (including phenoxy) is 1. The third-order valence-electron chi connectivity index (χ3n) is 2.42. The molecule has 82 valence electrons. The van der Waals surface area contributed by atoms with E-state index in [1.807, 2.05) is 18.2 Å². The first-order valence-corrected chi connectivity index (χ1v) is 5.46. The first-order valence-electron chi connectivity index (χ1n) is 5.46. The minimum absolute atomic E-state index is 0.894. The molecule has 0 aliphatic carbocycles. The van der Waals surface area contributed by atoms with Gasteiger partial charge in [0.2, 0.25) is 0 Å². The van der Waals surface area contributed by atoms with Gasteiger partial charge in [-0.2, -0.15) is 0 Å². The van der Waals surface area contributed by atoms with Gasteiger partial charge in [-0.05, 0) is 61.7 Å². The fraction of sp³-hybridized carbons (Fsp3) is 0.200. The SMILES string of the molecule is Cc1cccc(Oc2cc(C)cc(C)c2)c1. The van der Waals surface area contributed by atoms with Crippen LogP contribution in [0.3, 0.4) is 0 Å². The highest BCUT2D eigenvalue weighted by molar-refractivity contribution is 5.37. The lowest BCUT2D eigenvalue weighted by Crippen LogP contribution is -1.87. The Labute approximate surface area is 96.7 Å². The van der Waals surface area contributed by atoms with Crippen molar-refractivity contribution in [3.8, 4) is 11.5 Å². The van der Waals surface area contributed by atoms with Gasteiger partial charge in [-0.1, -0.05) is 18.2 Å². The summed E-state index contributed by atoms with van der Waals surface area (Å²) in [7, 11) is 0. The number of aryl methyl sites for hydroxylation is 3. The molecule has 0 N–H and O–H groups in total. The molecule has 1 nitrogen and oxygen atoms in total. The van der Waals surface area contributed by atoms with Gasteiger partial charge in [0, 0.05) is 0 Å². The fourth-order valence-electron chi connectivity index (χ4n) is 1.81. The standard InChI is InChI=1S/C15H16O/c1-11-5-4-6-14(8-11)16-15-9-12(2)7-13(3)10-15/h4-10H,1-3H3. The molecule has 16 heavy (non-hydrogen) atoms. The molecule has 0 radical (unpaired) electrons. The van der Waals surface area contributed by atoms with Gasteiger partial charge in [0.1, 0.15) is 11.5 Å². The molecule has 0 saturated carbocycles. The zero-order chi connectivity index (χ0) is 11.5. The van der Waals surface area contributed by atoms with E-state index in [0.29, 0.717) is 0 Å². The average Bonchev–Trinajstić information content (AvgIpc) is 2.15. The topological polar surface area (TPSA) is 9.23 Å². The Morgan fingerprint density at radius 1 is 0.688 bits per heavy atom. The van der Waals surface area contributed by atoms with E-state index in [2.05, 4.69) is 45.0 Å². The first kappa shape index (κ1) is 10.7. The first-order chi connectivity index (χ1) is 7.63. The highest BCUT2D eigenvalue weighted by atomic mass is 16.5. The van der Waals surface area contributed by atoms with Crippen molar-refractivity contribution in [2.24, 2.45) is 0 Å². The predicted octanol–water partition coefficient (Wildman–Crippen LogP) is 4.40.